The second kappa shape index (κ2) is 11.4. The van der Waals surface area contributed by atoms with E-state index in [4.69, 9.17) is 5.73 Å². The van der Waals surface area contributed by atoms with Crippen molar-refractivity contribution in [2.45, 2.75) is 38.5 Å². The minimum absolute atomic E-state index is 0. The highest BCUT2D eigenvalue weighted by Crippen LogP contribution is 2.13. The van der Waals surface area contributed by atoms with Gasteiger partial charge in [-0.1, -0.05) is 13.8 Å². The first-order valence-electron chi connectivity index (χ1n) is 6.42. The Kier molecular flexibility index (Phi) is 13.3. The molecule has 1 fully saturated rings. The first-order chi connectivity index (χ1) is 8.00. The molecule has 2 unspecified atom stereocenters. The van der Waals surface area contributed by atoms with E-state index in [1.807, 2.05) is 11.8 Å². The van der Waals surface area contributed by atoms with Crippen molar-refractivity contribution in [2.75, 3.05) is 31.1 Å². The van der Waals surface area contributed by atoms with Gasteiger partial charge in [-0.05, 0) is 12.3 Å². The molecule has 1 rings (SSSR count). The normalized spacial score (nSPS) is 21.2. The Labute approximate surface area is 133 Å². The number of hydrogen-bond acceptors (Lipinski definition) is 5. The fourth-order valence-corrected chi connectivity index (χ4v) is 3.10. The van der Waals surface area contributed by atoms with Crippen molar-refractivity contribution >= 4 is 36.6 Å². The summed E-state index contributed by atoms with van der Waals surface area (Å²) in [6, 6.07) is -0.329. The van der Waals surface area contributed by atoms with E-state index in [0.29, 0.717) is 12.5 Å². The lowest BCUT2D eigenvalue weighted by molar-refractivity contribution is -0.0167. The zero-order valence-electron chi connectivity index (χ0n) is 11.7. The van der Waals surface area contributed by atoms with E-state index >= 15 is 0 Å². The molecule has 1 saturated heterocycles. The Morgan fingerprint density at radius 3 is 2.16 bits per heavy atom. The van der Waals surface area contributed by atoms with Crippen molar-refractivity contribution in [3.8, 4) is 0 Å². The lowest BCUT2D eigenvalue weighted by Gasteiger charge is -2.32. The molecule has 0 aromatic rings. The molecule has 0 spiro atoms. The van der Waals surface area contributed by atoms with Crippen LogP contribution in [0.25, 0.3) is 0 Å². The SMILES string of the molecule is CC(C)C[C@H](N)C(O)C(O)CN1CCSCC1.Cl.Cl. The molecule has 118 valence electrons. The van der Waals surface area contributed by atoms with Crippen LogP contribution >= 0.6 is 36.6 Å². The van der Waals surface area contributed by atoms with Gasteiger partial charge in [-0.15, -0.1) is 24.8 Å². The molecule has 0 radical (unpaired) electrons. The number of β-amino-alcohol motifs (C(OH)–C–C–N with tert-alkyl or cyclic N) is 1. The third-order valence-electron chi connectivity index (χ3n) is 3.13. The van der Waals surface area contributed by atoms with Crippen molar-refractivity contribution in [3.63, 3.8) is 0 Å². The summed E-state index contributed by atoms with van der Waals surface area (Å²) >= 11 is 1.94. The summed E-state index contributed by atoms with van der Waals surface area (Å²) in [5.74, 6) is 2.67. The standard InChI is InChI=1S/C12H26N2O2S.2ClH/c1-9(2)7-10(13)12(16)11(15)8-14-3-5-17-6-4-14;;/h9-12,15-16H,3-8,13H2,1-2H3;2*1H/t10-,11?,12?;;/m0../s1. The molecule has 1 aliphatic rings. The van der Waals surface area contributed by atoms with Gasteiger partial charge in [0, 0.05) is 37.2 Å². The fraction of sp³-hybridized carbons (Fsp3) is 1.00. The van der Waals surface area contributed by atoms with E-state index in [1.165, 1.54) is 0 Å². The summed E-state index contributed by atoms with van der Waals surface area (Å²) in [6.07, 6.45) is -0.799. The molecule has 0 aliphatic carbocycles. The quantitative estimate of drug-likeness (QED) is 0.675. The third-order valence-corrected chi connectivity index (χ3v) is 4.07. The highest BCUT2D eigenvalue weighted by Gasteiger charge is 2.26. The maximum Gasteiger partial charge on any atom is 0.0962 e. The van der Waals surface area contributed by atoms with Crippen LogP contribution in [0.1, 0.15) is 20.3 Å². The molecule has 7 heteroatoms. The topological polar surface area (TPSA) is 69.7 Å². The lowest BCUT2D eigenvalue weighted by atomic mass is 9.96. The smallest absolute Gasteiger partial charge is 0.0962 e. The van der Waals surface area contributed by atoms with Crippen LogP contribution in [0, 0.1) is 5.92 Å². The average Bonchev–Trinajstić information content (AvgIpc) is 2.28. The number of halogens is 2. The molecular formula is C12H28Cl2N2O2S. The van der Waals surface area contributed by atoms with E-state index in [1.54, 1.807) is 0 Å². The summed E-state index contributed by atoms with van der Waals surface area (Å²) in [7, 11) is 0. The molecule has 0 amide bonds. The van der Waals surface area contributed by atoms with Crippen LogP contribution in [0.4, 0.5) is 0 Å². The first-order valence-corrected chi connectivity index (χ1v) is 7.58. The molecule has 0 saturated carbocycles. The van der Waals surface area contributed by atoms with Gasteiger partial charge < -0.3 is 15.9 Å². The van der Waals surface area contributed by atoms with Crippen molar-refractivity contribution < 1.29 is 10.2 Å². The zero-order chi connectivity index (χ0) is 12.8. The lowest BCUT2D eigenvalue weighted by Crippen LogP contribution is -2.49. The maximum atomic E-state index is 9.97. The van der Waals surface area contributed by atoms with E-state index in [0.717, 1.165) is 31.0 Å². The first kappa shape index (κ1) is 22.1. The van der Waals surface area contributed by atoms with Gasteiger partial charge in [0.1, 0.15) is 0 Å². The average molecular weight is 335 g/mol. The monoisotopic (exact) mass is 334 g/mol. The maximum absolute atomic E-state index is 9.97. The highest BCUT2D eigenvalue weighted by atomic mass is 35.5. The van der Waals surface area contributed by atoms with Crippen LogP contribution in [-0.4, -0.2) is 64.5 Å². The molecule has 1 aliphatic heterocycles. The van der Waals surface area contributed by atoms with E-state index in [9.17, 15) is 10.2 Å². The number of hydrogen-bond donors (Lipinski definition) is 3. The Morgan fingerprint density at radius 1 is 1.16 bits per heavy atom. The van der Waals surface area contributed by atoms with Gasteiger partial charge >= 0.3 is 0 Å². The number of aliphatic hydroxyl groups excluding tert-OH is 2. The summed E-state index contributed by atoms with van der Waals surface area (Å²) in [6.45, 7) is 6.66. The Morgan fingerprint density at radius 2 is 1.68 bits per heavy atom. The molecule has 0 aromatic carbocycles. The summed E-state index contributed by atoms with van der Waals surface area (Å²) in [5, 5.41) is 19.9. The van der Waals surface area contributed by atoms with Crippen molar-refractivity contribution in [3.05, 3.63) is 0 Å². The van der Waals surface area contributed by atoms with Crippen LogP contribution < -0.4 is 5.73 Å². The molecule has 4 nitrogen and oxygen atoms in total. The Hall–Kier alpha value is 0.770. The van der Waals surface area contributed by atoms with Crippen molar-refractivity contribution in [1.29, 1.82) is 0 Å². The van der Waals surface area contributed by atoms with Gasteiger partial charge in [0.2, 0.25) is 0 Å². The number of aliphatic hydroxyl groups is 2. The van der Waals surface area contributed by atoms with Gasteiger partial charge in [0.05, 0.1) is 12.2 Å². The molecule has 19 heavy (non-hydrogen) atoms. The van der Waals surface area contributed by atoms with Crippen LogP contribution in [0.3, 0.4) is 0 Å². The zero-order valence-corrected chi connectivity index (χ0v) is 14.1. The van der Waals surface area contributed by atoms with Crippen LogP contribution in [-0.2, 0) is 0 Å². The van der Waals surface area contributed by atoms with Crippen LogP contribution in [0.15, 0.2) is 0 Å². The largest absolute Gasteiger partial charge is 0.389 e. The molecule has 3 atom stereocenters. The van der Waals surface area contributed by atoms with Gasteiger partial charge in [-0.2, -0.15) is 11.8 Å². The fourth-order valence-electron chi connectivity index (χ4n) is 2.13. The second-order valence-electron chi connectivity index (χ2n) is 5.26. The number of nitrogens with two attached hydrogens (primary N) is 1. The molecule has 1 heterocycles. The van der Waals surface area contributed by atoms with Gasteiger partial charge in [-0.3, -0.25) is 4.90 Å². The molecule has 4 N–H and O–H groups in total. The Bertz CT molecular complexity index is 220. The number of thioether (sulfide) groups is 1. The van der Waals surface area contributed by atoms with Gasteiger partial charge in [-0.25, -0.2) is 0 Å². The Balaban J connectivity index is 0. The highest BCUT2D eigenvalue weighted by molar-refractivity contribution is 7.99. The minimum atomic E-state index is -0.813. The summed E-state index contributed by atoms with van der Waals surface area (Å²) in [5.41, 5.74) is 5.89. The minimum Gasteiger partial charge on any atom is -0.389 e. The van der Waals surface area contributed by atoms with E-state index in [-0.39, 0.29) is 30.9 Å². The van der Waals surface area contributed by atoms with Crippen LogP contribution in [0.2, 0.25) is 0 Å². The van der Waals surface area contributed by atoms with E-state index < -0.39 is 12.2 Å². The van der Waals surface area contributed by atoms with Gasteiger partial charge in [0.15, 0.2) is 0 Å². The number of rotatable bonds is 6. The summed E-state index contributed by atoms with van der Waals surface area (Å²) in [4.78, 5) is 2.20. The number of nitrogens with zero attached hydrogens (tertiary/aromatic N) is 1. The van der Waals surface area contributed by atoms with Crippen LogP contribution in [0.5, 0.6) is 0 Å². The van der Waals surface area contributed by atoms with Crippen molar-refractivity contribution in [2.24, 2.45) is 11.7 Å². The van der Waals surface area contributed by atoms with Gasteiger partial charge in [0.25, 0.3) is 0 Å². The predicted octanol–water partition coefficient (Wildman–Crippen LogP) is 0.974. The summed E-state index contributed by atoms with van der Waals surface area (Å²) < 4.78 is 0. The van der Waals surface area contributed by atoms with E-state index in [2.05, 4.69) is 18.7 Å². The second-order valence-corrected chi connectivity index (χ2v) is 6.49. The predicted molar refractivity (Wildman–Crippen MR) is 87.7 cm³/mol. The molecule has 0 bridgehead atoms. The van der Waals surface area contributed by atoms with Crippen molar-refractivity contribution in [1.82, 2.24) is 4.90 Å². The molecule has 0 aromatic heterocycles. The molecular weight excluding hydrogens is 307 g/mol. The third kappa shape index (κ3) is 8.60.